The van der Waals surface area contributed by atoms with E-state index in [9.17, 15) is 4.39 Å². The Morgan fingerprint density at radius 2 is 2.06 bits per heavy atom. The molecule has 0 aliphatic heterocycles. The van der Waals surface area contributed by atoms with Crippen LogP contribution < -0.4 is 11.1 Å². The van der Waals surface area contributed by atoms with Crippen LogP contribution in [0.2, 0.25) is 0 Å². The molecule has 2 nitrogen and oxygen atoms in total. The number of halogens is 1. The van der Waals surface area contributed by atoms with E-state index in [1.165, 1.54) is 6.07 Å². The summed E-state index contributed by atoms with van der Waals surface area (Å²) in [6.45, 7) is 9.56. The summed E-state index contributed by atoms with van der Waals surface area (Å²) >= 11 is 0. The zero-order valence-electron chi connectivity index (χ0n) is 10.2. The highest BCUT2D eigenvalue weighted by Crippen LogP contribution is 2.17. The highest BCUT2D eigenvalue weighted by Gasteiger charge is 2.05. The molecule has 0 aliphatic rings. The van der Waals surface area contributed by atoms with Crippen molar-refractivity contribution in [2.45, 2.75) is 25.8 Å². The van der Waals surface area contributed by atoms with Crippen LogP contribution in [-0.4, -0.2) is 6.04 Å². The Morgan fingerprint density at radius 1 is 1.41 bits per heavy atom. The lowest BCUT2D eigenvalue weighted by Crippen LogP contribution is -2.21. The van der Waals surface area contributed by atoms with Crippen molar-refractivity contribution < 1.29 is 4.39 Å². The Kier molecular flexibility index (Phi) is 4.91. The summed E-state index contributed by atoms with van der Waals surface area (Å²) in [5, 5.41) is 2.95. The van der Waals surface area contributed by atoms with Gasteiger partial charge in [-0.2, -0.15) is 0 Å². The van der Waals surface area contributed by atoms with Gasteiger partial charge in [-0.1, -0.05) is 30.9 Å². The number of benzene rings is 1. The number of nitrogens with one attached hydrogen (secondary N) is 1. The number of allylic oxidation sites excluding steroid dienone is 1. The highest BCUT2D eigenvalue weighted by atomic mass is 19.1. The number of hydrogen-bond acceptors (Lipinski definition) is 2. The van der Waals surface area contributed by atoms with Gasteiger partial charge in [0.25, 0.3) is 0 Å². The van der Waals surface area contributed by atoms with Crippen LogP contribution in [0.3, 0.4) is 0 Å². The fraction of sp³-hybridized carbons (Fsp3) is 0.286. The minimum atomic E-state index is -0.280. The van der Waals surface area contributed by atoms with E-state index in [2.05, 4.69) is 18.5 Å². The molecule has 0 radical (unpaired) electrons. The van der Waals surface area contributed by atoms with Gasteiger partial charge in [-0.25, -0.2) is 4.39 Å². The average molecular weight is 234 g/mol. The molecule has 0 saturated carbocycles. The first kappa shape index (κ1) is 13.5. The van der Waals surface area contributed by atoms with E-state index < -0.39 is 0 Å². The Balaban J connectivity index is 2.46. The zero-order chi connectivity index (χ0) is 12.8. The Bertz CT molecular complexity index is 412. The minimum absolute atomic E-state index is 0.0332. The summed E-state index contributed by atoms with van der Waals surface area (Å²) in [4.78, 5) is 0. The van der Waals surface area contributed by atoms with E-state index in [0.29, 0.717) is 12.1 Å². The van der Waals surface area contributed by atoms with Crippen LogP contribution in [0.25, 0.3) is 0 Å². The SMILES string of the molecule is C=C(CCC(N)C(=C)C)Nc1ccccc1F. The van der Waals surface area contributed by atoms with Crippen molar-refractivity contribution in [1.82, 2.24) is 0 Å². The maximum Gasteiger partial charge on any atom is 0.146 e. The van der Waals surface area contributed by atoms with Crippen LogP contribution in [-0.2, 0) is 0 Å². The third kappa shape index (κ3) is 4.41. The molecule has 3 N–H and O–H groups in total. The van der Waals surface area contributed by atoms with Crippen molar-refractivity contribution >= 4 is 5.69 Å². The lowest BCUT2D eigenvalue weighted by atomic mass is 10.1. The first-order valence-electron chi connectivity index (χ1n) is 5.61. The second kappa shape index (κ2) is 6.21. The zero-order valence-corrected chi connectivity index (χ0v) is 10.2. The number of rotatable bonds is 6. The molecular weight excluding hydrogens is 215 g/mol. The summed E-state index contributed by atoms with van der Waals surface area (Å²) in [6, 6.07) is 6.49. The molecule has 3 heteroatoms. The van der Waals surface area contributed by atoms with E-state index in [1.807, 2.05) is 6.92 Å². The summed E-state index contributed by atoms with van der Waals surface area (Å²) in [5.41, 5.74) is 8.00. The van der Waals surface area contributed by atoms with Crippen molar-refractivity contribution in [3.8, 4) is 0 Å². The predicted molar refractivity (Wildman–Crippen MR) is 71.2 cm³/mol. The molecule has 1 unspecified atom stereocenters. The molecule has 1 aromatic carbocycles. The topological polar surface area (TPSA) is 38.0 Å². The van der Waals surface area contributed by atoms with Crippen molar-refractivity contribution in [3.05, 3.63) is 54.5 Å². The third-order valence-corrected chi connectivity index (χ3v) is 2.58. The monoisotopic (exact) mass is 234 g/mol. The van der Waals surface area contributed by atoms with Gasteiger partial charge in [-0.15, -0.1) is 0 Å². The number of anilines is 1. The summed E-state index contributed by atoms with van der Waals surface area (Å²) in [6.07, 6.45) is 1.46. The second-order valence-corrected chi connectivity index (χ2v) is 4.20. The molecule has 0 aromatic heterocycles. The first-order valence-corrected chi connectivity index (χ1v) is 5.61. The van der Waals surface area contributed by atoms with Gasteiger partial charge in [0.1, 0.15) is 5.82 Å². The average Bonchev–Trinajstić information content (AvgIpc) is 2.29. The molecule has 0 spiro atoms. The first-order chi connectivity index (χ1) is 8.00. The lowest BCUT2D eigenvalue weighted by Gasteiger charge is -2.14. The Morgan fingerprint density at radius 3 is 2.65 bits per heavy atom. The van der Waals surface area contributed by atoms with Gasteiger partial charge >= 0.3 is 0 Å². The molecule has 17 heavy (non-hydrogen) atoms. The normalized spacial score (nSPS) is 11.9. The molecule has 1 aromatic rings. The summed E-state index contributed by atoms with van der Waals surface area (Å²) in [5.74, 6) is -0.280. The minimum Gasteiger partial charge on any atom is -0.357 e. The van der Waals surface area contributed by atoms with E-state index in [0.717, 1.165) is 17.7 Å². The fourth-order valence-electron chi connectivity index (χ4n) is 1.39. The van der Waals surface area contributed by atoms with Crippen LogP contribution >= 0.6 is 0 Å². The fourth-order valence-corrected chi connectivity index (χ4v) is 1.39. The van der Waals surface area contributed by atoms with Crippen LogP contribution in [0.4, 0.5) is 10.1 Å². The van der Waals surface area contributed by atoms with E-state index >= 15 is 0 Å². The maximum absolute atomic E-state index is 13.3. The number of hydrogen-bond donors (Lipinski definition) is 2. The van der Waals surface area contributed by atoms with Crippen molar-refractivity contribution in [2.75, 3.05) is 5.32 Å². The van der Waals surface area contributed by atoms with E-state index in [4.69, 9.17) is 5.73 Å². The molecule has 0 bridgehead atoms. The van der Waals surface area contributed by atoms with Gasteiger partial charge in [0.2, 0.25) is 0 Å². The molecule has 1 rings (SSSR count). The lowest BCUT2D eigenvalue weighted by molar-refractivity contribution is 0.630. The Hall–Kier alpha value is -1.61. The van der Waals surface area contributed by atoms with Gasteiger partial charge < -0.3 is 11.1 Å². The molecule has 0 aliphatic carbocycles. The highest BCUT2D eigenvalue weighted by molar-refractivity contribution is 5.48. The molecule has 0 fully saturated rings. The molecule has 0 heterocycles. The van der Waals surface area contributed by atoms with Crippen molar-refractivity contribution in [3.63, 3.8) is 0 Å². The smallest absolute Gasteiger partial charge is 0.146 e. The second-order valence-electron chi connectivity index (χ2n) is 4.20. The predicted octanol–water partition coefficient (Wildman–Crippen LogP) is 3.43. The van der Waals surface area contributed by atoms with Gasteiger partial charge in [0.15, 0.2) is 0 Å². The summed E-state index contributed by atoms with van der Waals surface area (Å²) in [7, 11) is 0. The van der Waals surface area contributed by atoms with Gasteiger partial charge in [0.05, 0.1) is 5.69 Å². The number of para-hydroxylation sites is 1. The quantitative estimate of drug-likeness (QED) is 0.740. The van der Waals surface area contributed by atoms with Crippen molar-refractivity contribution in [2.24, 2.45) is 5.73 Å². The van der Waals surface area contributed by atoms with Crippen LogP contribution in [0, 0.1) is 5.82 Å². The largest absolute Gasteiger partial charge is 0.357 e. The molecular formula is C14H19FN2. The molecule has 0 amide bonds. The summed E-state index contributed by atoms with van der Waals surface area (Å²) < 4.78 is 13.3. The Labute approximate surface area is 102 Å². The van der Waals surface area contributed by atoms with Crippen LogP contribution in [0.5, 0.6) is 0 Å². The third-order valence-electron chi connectivity index (χ3n) is 2.58. The van der Waals surface area contributed by atoms with Crippen LogP contribution in [0.15, 0.2) is 48.7 Å². The van der Waals surface area contributed by atoms with Gasteiger partial charge in [-0.3, -0.25) is 0 Å². The standard InChI is InChI=1S/C14H19FN2/c1-10(2)13(16)9-8-11(3)17-14-7-5-4-6-12(14)15/h4-7,13,17H,1,3,8-9,16H2,2H3. The molecule has 1 atom stereocenters. The van der Waals surface area contributed by atoms with Gasteiger partial charge in [0, 0.05) is 11.7 Å². The van der Waals surface area contributed by atoms with E-state index in [1.54, 1.807) is 18.2 Å². The number of nitrogens with two attached hydrogens (primary N) is 1. The maximum atomic E-state index is 13.3. The van der Waals surface area contributed by atoms with Gasteiger partial charge in [-0.05, 0) is 31.9 Å². The van der Waals surface area contributed by atoms with E-state index in [-0.39, 0.29) is 11.9 Å². The molecule has 92 valence electrons. The van der Waals surface area contributed by atoms with Crippen molar-refractivity contribution in [1.29, 1.82) is 0 Å². The van der Waals surface area contributed by atoms with Crippen LogP contribution in [0.1, 0.15) is 19.8 Å². The molecule has 0 saturated heterocycles.